The lowest BCUT2D eigenvalue weighted by Crippen LogP contribution is -2.34. The first-order chi connectivity index (χ1) is 16.7. The number of hydrogen-bond acceptors (Lipinski definition) is 5. The number of urea groups is 1. The van der Waals surface area contributed by atoms with Crippen molar-refractivity contribution in [2.75, 3.05) is 0 Å². The molecule has 0 radical (unpaired) electrons. The van der Waals surface area contributed by atoms with Crippen molar-refractivity contribution in [1.29, 1.82) is 0 Å². The molecule has 7 heteroatoms. The Morgan fingerprint density at radius 2 is 1.06 bits per heavy atom. The molecule has 7 nitrogen and oxygen atoms in total. The molecule has 0 aliphatic rings. The predicted molar refractivity (Wildman–Crippen MR) is 129 cm³/mol. The molecule has 0 saturated heterocycles. The van der Waals surface area contributed by atoms with Crippen LogP contribution in [0.5, 0.6) is 11.8 Å². The fraction of sp³-hybridized carbons (Fsp3) is 0.148. The Kier molecular flexibility index (Phi) is 8.05. The summed E-state index contributed by atoms with van der Waals surface area (Å²) >= 11 is 0. The summed E-state index contributed by atoms with van der Waals surface area (Å²) in [7, 11) is 0. The Hall–Kier alpha value is -4.39. The van der Waals surface area contributed by atoms with Gasteiger partial charge in [0.1, 0.15) is 13.2 Å². The summed E-state index contributed by atoms with van der Waals surface area (Å²) in [6.45, 7) is 1.60. The summed E-state index contributed by atoms with van der Waals surface area (Å²) in [6, 6.07) is 26.8. The fourth-order valence-corrected chi connectivity index (χ4v) is 3.17. The third-order valence-electron chi connectivity index (χ3n) is 4.96. The van der Waals surface area contributed by atoms with Crippen LogP contribution in [-0.2, 0) is 26.3 Å². The van der Waals surface area contributed by atoms with Gasteiger partial charge in [-0.2, -0.15) is 0 Å². The van der Waals surface area contributed by atoms with Crippen LogP contribution in [0.4, 0.5) is 4.79 Å². The van der Waals surface area contributed by atoms with Gasteiger partial charge in [0.05, 0.1) is 0 Å². The maximum absolute atomic E-state index is 12.3. The number of carbonyl (C=O) groups excluding carboxylic acids is 1. The van der Waals surface area contributed by atoms with Crippen LogP contribution in [0.15, 0.2) is 97.3 Å². The second kappa shape index (κ2) is 12.0. The lowest BCUT2D eigenvalue weighted by atomic mass is 10.2. The summed E-state index contributed by atoms with van der Waals surface area (Å²) in [4.78, 5) is 20.7. The molecule has 2 aromatic carbocycles. The van der Waals surface area contributed by atoms with E-state index in [-0.39, 0.29) is 6.03 Å². The van der Waals surface area contributed by atoms with Gasteiger partial charge in [-0.15, -0.1) is 0 Å². The van der Waals surface area contributed by atoms with E-state index in [9.17, 15) is 4.79 Å². The summed E-state index contributed by atoms with van der Waals surface area (Å²) in [6.07, 6.45) is 3.34. The van der Waals surface area contributed by atoms with Crippen molar-refractivity contribution in [1.82, 2.24) is 20.6 Å². The summed E-state index contributed by atoms with van der Waals surface area (Å²) in [5, 5.41) is 5.70. The molecule has 0 saturated carbocycles. The molecule has 172 valence electrons. The van der Waals surface area contributed by atoms with Crippen molar-refractivity contribution >= 4 is 6.03 Å². The van der Waals surface area contributed by atoms with Gasteiger partial charge in [0.15, 0.2) is 0 Å². The Bertz CT molecular complexity index is 1090. The van der Waals surface area contributed by atoms with E-state index in [1.807, 2.05) is 84.9 Å². The van der Waals surface area contributed by atoms with Gasteiger partial charge in [0.25, 0.3) is 0 Å². The maximum atomic E-state index is 12.3. The van der Waals surface area contributed by atoms with Crippen LogP contribution in [0, 0.1) is 0 Å². The molecule has 2 amide bonds. The molecule has 0 atom stereocenters. The zero-order valence-electron chi connectivity index (χ0n) is 18.7. The number of pyridine rings is 2. The van der Waals surface area contributed by atoms with Crippen molar-refractivity contribution in [3.8, 4) is 11.8 Å². The first kappa shape index (κ1) is 22.8. The van der Waals surface area contributed by atoms with Gasteiger partial charge in [0.2, 0.25) is 11.8 Å². The van der Waals surface area contributed by atoms with Crippen LogP contribution in [-0.4, -0.2) is 16.0 Å². The number of nitrogens with zero attached hydrogens (tertiary/aromatic N) is 2. The molecule has 2 aromatic heterocycles. The molecule has 0 unspecified atom stereocenters. The summed E-state index contributed by atoms with van der Waals surface area (Å²) < 4.78 is 11.5. The smallest absolute Gasteiger partial charge is 0.315 e. The molecule has 0 spiro atoms. The Morgan fingerprint density at radius 3 is 1.50 bits per heavy atom. The van der Waals surface area contributed by atoms with Crippen LogP contribution in [0.25, 0.3) is 0 Å². The highest BCUT2D eigenvalue weighted by Crippen LogP contribution is 2.13. The lowest BCUT2D eigenvalue weighted by molar-refractivity contribution is 0.240. The van der Waals surface area contributed by atoms with Crippen molar-refractivity contribution in [3.63, 3.8) is 0 Å². The maximum Gasteiger partial charge on any atom is 0.315 e. The largest absolute Gasteiger partial charge is 0.473 e. The lowest BCUT2D eigenvalue weighted by Gasteiger charge is -2.10. The van der Waals surface area contributed by atoms with E-state index in [0.717, 1.165) is 22.3 Å². The zero-order chi connectivity index (χ0) is 23.4. The number of aromatic nitrogens is 2. The standard InChI is InChI=1S/C27H26N4O3/c32-27(30-17-23-11-13-28-25(15-23)33-19-21-7-3-1-4-8-21)31-18-24-12-14-29-26(16-24)34-20-22-9-5-2-6-10-22/h1-16H,17-20H2,(H2,30,31,32). The quantitative estimate of drug-likeness (QED) is 0.365. The molecule has 2 N–H and O–H groups in total. The van der Waals surface area contributed by atoms with Crippen molar-refractivity contribution < 1.29 is 14.3 Å². The van der Waals surface area contributed by atoms with E-state index in [1.165, 1.54) is 0 Å². The second-order valence-corrected chi connectivity index (χ2v) is 7.59. The second-order valence-electron chi connectivity index (χ2n) is 7.59. The fourth-order valence-electron chi connectivity index (χ4n) is 3.17. The Labute approximate surface area is 198 Å². The van der Waals surface area contributed by atoms with Gasteiger partial charge < -0.3 is 20.1 Å². The van der Waals surface area contributed by atoms with E-state index in [4.69, 9.17) is 9.47 Å². The monoisotopic (exact) mass is 454 g/mol. The van der Waals surface area contributed by atoms with E-state index < -0.39 is 0 Å². The molecule has 2 heterocycles. The molecule has 4 aromatic rings. The molecule has 34 heavy (non-hydrogen) atoms. The average molecular weight is 455 g/mol. The van der Waals surface area contributed by atoms with Crippen LogP contribution in [0.2, 0.25) is 0 Å². The van der Waals surface area contributed by atoms with E-state index in [2.05, 4.69) is 20.6 Å². The average Bonchev–Trinajstić information content (AvgIpc) is 2.90. The minimum absolute atomic E-state index is 0.271. The first-order valence-corrected chi connectivity index (χ1v) is 11.0. The minimum Gasteiger partial charge on any atom is -0.473 e. The molecule has 4 rings (SSSR count). The predicted octanol–water partition coefficient (Wildman–Crippen LogP) is 4.63. The van der Waals surface area contributed by atoms with Gasteiger partial charge in [0, 0.05) is 37.6 Å². The first-order valence-electron chi connectivity index (χ1n) is 11.0. The number of hydrogen-bond donors (Lipinski definition) is 2. The molecular weight excluding hydrogens is 428 g/mol. The summed E-state index contributed by atoms with van der Waals surface area (Å²) in [5.41, 5.74) is 3.93. The van der Waals surface area contributed by atoms with Gasteiger partial charge in [-0.25, -0.2) is 14.8 Å². The van der Waals surface area contributed by atoms with Crippen molar-refractivity contribution in [2.24, 2.45) is 0 Å². The highest BCUT2D eigenvalue weighted by atomic mass is 16.5. The van der Waals surface area contributed by atoms with Gasteiger partial charge in [-0.3, -0.25) is 0 Å². The SMILES string of the molecule is O=C(NCc1ccnc(OCc2ccccc2)c1)NCc1ccnc(OCc2ccccc2)c1. The van der Waals surface area contributed by atoms with E-state index in [0.29, 0.717) is 38.1 Å². The van der Waals surface area contributed by atoms with E-state index >= 15 is 0 Å². The van der Waals surface area contributed by atoms with Crippen LogP contribution in [0.1, 0.15) is 22.3 Å². The molecular formula is C27H26N4O3. The molecule has 0 aliphatic heterocycles. The van der Waals surface area contributed by atoms with Gasteiger partial charge in [-0.05, 0) is 34.4 Å². The Morgan fingerprint density at radius 1 is 0.618 bits per heavy atom. The number of ether oxygens (including phenoxy) is 2. The number of amides is 2. The summed E-state index contributed by atoms with van der Waals surface area (Å²) in [5.74, 6) is 1.03. The van der Waals surface area contributed by atoms with Crippen LogP contribution < -0.4 is 20.1 Å². The minimum atomic E-state index is -0.271. The van der Waals surface area contributed by atoms with Crippen molar-refractivity contribution in [3.05, 3.63) is 120 Å². The Balaban J connectivity index is 1.21. The number of carbonyl (C=O) groups is 1. The van der Waals surface area contributed by atoms with Gasteiger partial charge >= 0.3 is 6.03 Å². The van der Waals surface area contributed by atoms with Crippen LogP contribution >= 0.6 is 0 Å². The third kappa shape index (κ3) is 7.34. The topological polar surface area (TPSA) is 85.4 Å². The highest BCUT2D eigenvalue weighted by Gasteiger charge is 2.05. The highest BCUT2D eigenvalue weighted by molar-refractivity contribution is 5.73. The number of rotatable bonds is 10. The van der Waals surface area contributed by atoms with Crippen LogP contribution in [0.3, 0.4) is 0 Å². The molecule has 0 fully saturated rings. The number of nitrogens with one attached hydrogen (secondary N) is 2. The van der Waals surface area contributed by atoms with Crippen molar-refractivity contribution in [2.45, 2.75) is 26.3 Å². The molecule has 0 bridgehead atoms. The van der Waals surface area contributed by atoms with Gasteiger partial charge in [-0.1, -0.05) is 60.7 Å². The number of benzene rings is 2. The van der Waals surface area contributed by atoms with E-state index in [1.54, 1.807) is 12.4 Å². The zero-order valence-corrected chi connectivity index (χ0v) is 18.7. The third-order valence-corrected chi connectivity index (χ3v) is 4.96. The molecule has 0 aliphatic carbocycles. The normalized spacial score (nSPS) is 10.4.